The van der Waals surface area contributed by atoms with E-state index in [4.69, 9.17) is 11.6 Å². The number of nitrogens with one attached hydrogen (secondary N) is 2. The van der Waals surface area contributed by atoms with Crippen molar-refractivity contribution in [1.29, 1.82) is 0 Å². The average molecular weight is 408 g/mol. The van der Waals surface area contributed by atoms with Crippen LogP contribution in [0, 0.1) is 0 Å². The molecule has 2 aromatic carbocycles. The number of hydrogen-bond donors (Lipinski definition) is 2. The number of nitrogens with zero attached hydrogens (tertiary/aromatic N) is 1. The van der Waals surface area contributed by atoms with E-state index in [-0.39, 0.29) is 10.5 Å². The van der Waals surface area contributed by atoms with Gasteiger partial charge in [0, 0.05) is 30.8 Å². The summed E-state index contributed by atoms with van der Waals surface area (Å²) in [6.07, 6.45) is 2.77. The quantitative estimate of drug-likeness (QED) is 0.585. The van der Waals surface area contributed by atoms with Crippen LogP contribution in [0.2, 0.25) is 5.02 Å². The Kier molecular flexibility index (Phi) is 6.73. The third-order valence-electron chi connectivity index (χ3n) is 3.45. The Morgan fingerprint density at radius 1 is 1.04 bits per heavy atom. The lowest BCUT2D eigenvalue weighted by Crippen LogP contribution is -2.40. The summed E-state index contributed by atoms with van der Waals surface area (Å²) in [5.41, 5.74) is 5.28. The Labute approximate surface area is 162 Å². The third-order valence-corrected chi connectivity index (χ3v) is 5.50. The molecular formula is C18H18ClN3O4S. The largest absolute Gasteiger partial charge is 0.269 e. The van der Waals surface area contributed by atoms with E-state index in [2.05, 4.69) is 10.9 Å². The first kappa shape index (κ1) is 20.6. The van der Waals surface area contributed by atoms with Crippen molar-refractivity contribution in [3.63, 3.8) is 0 Å². The van der Waals surface area contributed by atoms with Crippen LogP contribution in [0.1, 0.15) is 15.9 Å². The van der Waals surface area contributed by atoms with E-state index in [1.54, 1.807) is 24.3 Å². The smallest absolute Gasteiger partial charge is 0.268 e. The molecule has 0 saturated heterocycles. The SMILES string of the molecule is CN(C)S(=O)(=O)c1cccc(C(=O)NNC(=O)/C=C/c2cccc(Cl)c2)c1. The lowest BCUT2D eigenvalue weighted by atomic mass is 10.2. The second kappa shape index (κ2) is 8.81. The Morgan fingerprint density at radius 3 is 2.41 bits per heavy atom. The van der Waals surface area contributed by atoms with Gasteiger partial charge in [0.1, 0.15) is 0 Å². The van der Waals surface area contributed by atoms with E-state index in [0.717, 1.165) is 9.87 Å². The van der Waals surface area contributed by atoms with Crippen LogP contribution in [0.4, 0.5) is 0 Å². The van der Waals surface area contributed by atoms with Crippen molar-refractivity contribution >= 4 is 39.5 Å². The van der Waals surface area contributed by atoms with Gasteiger partial charge in [-0.25, -0.2) is 12.7 Å². The molecule has 2 amide bonds. The van der Waals surface area contributed by atoms with Gasteiger partial charge in [-0.1, -0.05) is 29.8 Å². The maximum Gasteiger partial charge on any atom is 0.269 e. The van der Waals surface area contributed by atoms with Crippen molar-refractivity contribution in [2.24, 2.45) is 0 Å². The van der Waals surface area contributed by atoms with Gasteiger partial charge >= 0.3 is 0 Å². The molecule has 0 bridgehead atoms. The van der Waals surface area contributed by atoms with E-state index < -0.39 is 21.8 Å². The highest BCUT2D eigenvalue weighted by Gasteiger charge is 2.18. The minimum Gasteiger partial charge on any atom is -0.268 e. The number of hydrogen-bond acceptors (Lipinski definition) is 4. The van der Waals surface area contributed by atoms with Crippen molar-refractivity contribution in [3.05, 3.63) is 70.8 Å². The first-order chi connectivity index (χ1) is 12.7. The van der Waals surface area contributed by atoms with Crippen molar-refractivity contribution < 1.29 is 18.0 Å². The van der Waals surface area contributed by atoms with Gasteiger partial charge in [-0.15, -0.1) is 0 Å². The predicted octanol–water partition coefficient (Wildman–Crippen LogP) is 2.06. The fourth-order valence-electron chi connectivity index (χ4n) is 2.02. The molecule has 2 N–H and O–H groups in total. The third kappa shape index (κ3) is 5.65. The maximum atomic E-state index is 12.1. The maximum absolute atomic E-state index is 12.1. The molecule has 0 atom stereocenters. The van der Waals surface area contributed by atoms with Crippen molar-refractivity contribution in [2.45, 2.75) is 4.90 Å². The van der Waals surface area contributed by atoms with Gasteiger partial charge in [-0.3, -0.25) is 20.4 Å². The minimum absolute atomic E-state index is 0.0210. The number of sulfonamides is 1. The molecule has 0 aliphatic rings. The van der Waals surface area contributed by atoms with Crippen LogP contribution in [0.25, 0.3) is 6.08 Å². The summed E-state index contributed by atoms with van der Waals surface area (Å²) >= 11 is 5.86. The zero-order valence-corrected chi connectivity index (χ0v) is 16.2. The second-order valence-electron chi connectivity index (χ2n) is 5.65. The molecule has 0 aromatic heterocycles. The first-order valence-corrected chi connectivity index (χ1v) is 9.58. The van der Waals surface area contributed by atoms with Crippen LogP contribution in [0.15, 0.2) is 59.5 Å². The van der Waals surface area contributed by atoms with Gasteiger partial charge in [0.25, 0.3) is 11.8 Å². The summed E-state index contributed by atoms with van der Waals surface area (Å²) in [5.74, 6) is -1.20. The molecule has 2 rings (SSSR count). The number of halogens is 1. The molecule has 27 heavy (non-hydrogen) atoms. The molecule has 0 radical (unpaired) electrons. The van der Waals surface area contributed by atoms with E-state index in [1.165, 1.54) is 50.5 Å². The number of rotatable bonds is 5. The number of benzene rings is 2. The van der Waals surface area contributed by atoms with Crippen LogP contribution < -0.4 is 10.9 Å². The van der Waals surface area contributed by atoms with Crippen LogP contribution in [-0.2, 0) is 14.8 Å². The highest BCUT2D eigenvalue weighted by Crippen LogP contribution is 2.15. The minimum atomic E-state index is -3.66. The summed E-state index contributed by atoms with van der Waals surface area (Å²) in [6.45, 7) is 0. The molecule has 0 saturated carbocycles. The molecular weight excluding hydrogens is 390 g/mol. The number of amides is 2. The lowest BCUT2D eigenvalue weighted by Gasteiger charge is -2.12. The van der Waals surface area contributed by atoms with Crippen molar-refractivity contribution in [2.75, 3.05) is 14.1 Å². The monoisotopic (exact) mass is 407 g/mol. The normalized spacial score (nSPS) is 11.6. The summed E-state index contributed by atoms with van der Waals surface area (Å²) in [7, 11) is -0.868. The second-order valence-corrected chi connectivity index (χ2v) is 8.24. The Bertz CT molecular complexity index is 988. The zero-order valence-electron chi connectivity index (χ0n) is 14.6. The standard InChI is InChI=1S/C18H18ClN3O4S/c1-22(2)27(25,26)16-8-4-6-14(12-16)18(24)21-20-17(23)10-9-13-5-3-7-15(19)11-13/h3-12H,1-2H3,(H,20,23)(H,21,24)/b10-9+. The fraction of sp³-hybridized carbons (Fsp3) is 0.111. The van der Waals surface area contributed by atoms with E-state index >= 15 is 0 Å². The highest BCUT2D eigenvalue weighted by atomic mass is 35.5. The summed E-state index contributed by atoms with van der Waals surface area (Å²) in [6, 6.07) is 12.4. The lowest BCUT2D eigenvalue weighted by molar-refractivity contribution is -0.117. The van der Waals surface area contributed by atoms with Gasteiger partial charge in [0.15, 0.2) is 0 Å². The summed E-state index contributed by atoms with van der Waals surface area (Å²) in [5, 5.41) is 0.540. The van der Waals surface area contributed by atoms with Crippen LogP contribution >= 0.6 is 11.6 Å². The Morgan fingerprint density at radius 2 is 1.74 bits per heavy atom. The molecule has 0 aliphatic heterocycles. The topological polar surface area (TPSA) is 95.6 Å². The zero-order chi connectivity index (χ0) is 20.0. The molecule has 2 aromatic rings. The van der Waals surface area contributed by atoms with Crippen molar-refractivity contribution in [3.8, 4) is 0 Å². The van der Waals surface area contributed by atoms with Crippen molar-refractivity contribution in [1.82, 2.24) is 15.2 Å². The Hall–Kier alpha value is -2.68. The van der Waals surface area contributed by atoms with Crippen LogP contribution in [-0.4, -0.2) is 38.6 Å². The molecule has 142 valence electrons. The van der Waals surface area contributed by atoms with Gasteiger partial charge < -0.3 is 0 Å². The molecule has 0 heterocycles. The molecule has 9 heteroatoms. The number of carbonyl (C=O) groups is 2. The first-order valence-electron chi connectivity index (χ1n) is 7.77. The molecule has 0 spiro atoms. The van der Waals surface area contributed by atoms with E-state index in [1.807, 2.05) is 0 Å². The van der Waals surface area contributed by atoms with E-state index in [9.17, 15) is 18.0 Å². The van der Waals surface area contributed by atoms with Gasteiger partial charge in [0.05, 0.1) is 4.90 Å². The summed E-state index contributed by atoms with van der Waals surface area (Å²) < 4.78 is 25.3. The average Bonchev–Trinajstić information content (AvgIpc) is 2.64. The van der Waals surface area contributed by atoms with Gasteiger partial charge in [-0.2, -0.15) is 0 Å². The van der Waals surface area contributed by atoms with E-state index in [0.29, 0.717) is 5.02 Å². The molecule has 0 aliphatic carbocycles. The molecule has 0 unspecified atom stereocenters. The predicted molar refractivity (Wildman–Crippen MR) is 103 cm³/mol. The Balaban J connectivity index is 2.00. The summed E-state index contributed by atoms with van der Waals surface area (Å²) in [4.78, 5) is 23.9. The van der Waals surface area contributed by atoms with Crippen LogP contribution in [0.5, 0.6) is 0 Å². The highest BCUT2D eigenvalue weighted by molar-refractivity contribution is 7.89. The number of carbonyl (C=O) groups excluding carboxylic acids is 2. The molecule has 0 fully saturated rings. The molecule has 7 nitrogen and oxygen atoms in total. The van der Waals surface area contributed by atoms with Gasteiger partial charge in [0.2, 0.25) is 10.0 Å². The van der Waals surface area contributed by atoms with Crippen LogP contribution in [0.3, 0.4) is 0 Å². The number of hydrazine groups is 1. The fourth-order valence-corrected chi connectivity index (χ4v) is 3.17. The van der Waals surface area contributed by atoms with Gasteiger partial charge in [-0.05, 0) is 42.0 Å².